The van der Waals surface area contributed by atoms with Gasteiger partial charge in [-0.15, -0.1) is 0 Å². The predicted molar refractivity (Wildman–Crippen MR) is 279 cm³/mol. The van der Waals surface area contributed by atoms with Crippen LogP contribution in [0.1, 0.15) is 252 Å². The molecule has 0 fully saturated rings. The van der Waals surface area contributed by atoms with Gasteiger partial charge in [-0.05, 0) is 70.6 Å². The highest BCUT2D eigenvalue weighted by atomic mass is 16.6. The number of esters is 3. The van der Waals surface area contributed by atoms with Crippen LogP contribution in [0.3, 0.4) is 0 Å². The number of allylic oxidation sites excluding steroid dienone is 14. The van der Waals surface area contributed by atoms with Gasteiger partial charge in [0.2, 0.25) is 0 Å². The zero-order valence-electron chi connectivity index (χ0n) is 42.5. The number of rotatable bonds is 48. The van der Waals surface area contributed by atoms with Gasteiger partial charge in [0.25, 0.3) is 0 Å². The van der Waals surface area contributed by atoms with Crippen LogP contribution in [0.25, 0.3) is 0 Å². The maximum absolute atomic E-state index is 12.8. The molecule has 65 heavy (non-hydrogen) atoms. The summed E-state index contributed by atoms with van der Waals surface area (Å²) in [6.07, 6.45) is 68.6. The van der Waals surface area contributed by atoms with Gasteiger partial charge in [-0.3, -0.25) is 14.4 Å². The number of unbranched alkanes of at least 4 members (excludes halogenated alkanes) is 23. The lowest BCUT2D eigenvalue weighted by Crippen LogP contribution is -2.30. The van der Waals surface area contributed by atoms with Gasteiger partial charge in [-0.2, -0.15) is 0 Å². The molecule has 0 aliphatic heterocycles. The molecule has 0 aliphatic carbocycles. The molecule has 0 aromatic carbocycles. The quantitative estimate of drug-likeness (QED) is 0.0262. The minimum Gasteiger partial charge on any atom is -0.462 e. The summed E-state index contributed by atoms with van der Waals surface area (Å²) in [7, 11) is 0. The smallest absolute Gasteiger partial charge is 0.306 e. The van der Waals surface area contributed by atoms with Crippen molar-refractivity contribution in [2.45, 2.75) is 258 Å². The molecule has 1 atom stereocenters. The topological polar surface area (TPSA) is 78.9 Å². The van der Waals surface area contributed by atoms with E-state index < -0.39 is 6.10 Å². The number of ether oxygens (including phenoxy) is 3. The predicted octanol–water partition coefficient (Wildman–Crippen LogP) is 18.0. The summed E-state index contributed by atoms with van der Waals surface area (Å²) in [6, 6.07) is 0. The minimum absolute atomic E-state index is 0.0914. The molecule has 0 rings (SSSR count). The molecule has 0 spiro atoms. The van der Waals surface area contributed by atoms with E-state index in [0.717, 1.165) is 89.9 Å². The van der Waals surface area contributed by atoms with Gasteiger partial charge in [0.15, 0.2) is 6.10 Å². The van der Waals surface area contributed by atoms with Gasteiger partial charge in [0.05, 0.1) is 0 Å². The molecular weight excluding hydrogens is 805 g/mol. The Balaban J connectivity index is 4.42. The summed E-state index contributed by atoms with van der Waals surface area (Å²) >= 11 is 0. The molecule has 0 saturated heterocycles. The van der Waals surface area contributed by atoms with Crippen molar-refractivity contribution in [3.05, 3.63) is 85.1 Å². The second-order valence-corrected chi connectivity index (χ2v) is 17.8. The average Bonchev–Trinajstić information content (AvgIpc) is 3.30. The van der Waals surface area contributed by atoms with E-state index in [1.165, 1.54) is 116 Å². The second kappa shape index (κ2) is 53.2. The first-order valence-corrected chi connectivity index (χ1v) is 27.1. The largest absolute Gasteiger partial charge is 0.462 e. The zero-order chi connectivity index (χ0) is 47.2. The third kappa shape index (κ3) is 51.4. The average molecular weight is 905 g/mol. The first-order valence-electron chi connectivity index (χ1n) is 27.1. The molecule has 6 heteroatoms. The third-order valence-corrected chi connectivity index (χ3v) is 11.4. The zero-order valence-corrected chi connectivity index (χ0v) is 42.5. The number of hydrogen-bond acceptors (Lipinski definition) is 6. The monoisotopic (exact) mass is 905 g/mol. The molecule has 0 radical (unpaired) electrons. The molecule has 1 unspecified atom stereocenters. The summed E-state index contributed by atoms with van der Waals surface area (Å²) < 4.78 is 16.8. The Hall–Kier alpha value is -3.41. The van der Waals surface area contributed by atoms with E-state index in [-0.39, 0.29) is 37.5 Å². The lowest BCUT2D eigenvalue weighted by molar-refractivity contribution is -0.167. The lowest BCUT2D eigenvalue weighted by Gasteiger charge is -2.18. The molecule has 0 bridgehead atoms. The van der Waals surface area contributed by atoms with Crippen molar-refractivity contribution in [1.29, 1.82) is 0 Å². The fourth-order valence-electron chi connectivity index (χ4n) is 7.37. The fraction of sp³-hybridized carbons (Fsp3) is 0.712. The van der Waals surface area contributed by atoms with E-state index in [1.807, 2.05) is 0 Å². The van der Waals surface area contributed by atoms with Crippen LogP contribution < -0.4 is 0 Å². The van der Waals surface area contributed by atoms with Crippen LogP contribution in [-0.2, 0) is 28.6 Å². The van der Waals surface area contributed by atoms with Gasteiger partial charge < -0.3 is 14.2 Å². The summed E-state index contributed by atoms with van der Waals surface area (Å²) in [5, 5.41) is 0. The van der Waals surface area contributed by atoms with Crippen molar-refractivity contribution in [3.63, 3.8) is 0 Å². The molecule has 0 amide bonds. The van der Waals surface area contributed by atoms with Gasteiger partial charge in [-0.25, -0.2) is 0 Å². The highest BCUT2D eigenvalue weighted by Gasteiger charge is 2.19. The van der Waals surface area contributed by atoms with Crippen LogP contribution >= 0.6 is 0 Å². The van der Waals surface area contributed by atoms with Gasteiger partial charge in [0.1, 0.15) is 13.2 Å². The SMILES string of the molecule is CC/C=C\C/C=C\C/C=C\C/C=C\C/C=C\C/C=C\C/C=C\CCCC(=O)OCC(COC(=O)CCCCCCCCCCCCCC)OC(=O)CCCCCCCCCCCCCC. The number of carbonyl (C=O) groups excluding carboxylic acids is 3. The van der Waals surface area contributed by atoms with Gasteiger partial charge in [-0.1, -0.05) is 247 Å². The van der Waals surface area contributed by atoms with E-state index in [0.29, 0.717) is 19.3 Å². The van der Waals surface area contributed by atoms with Crippen LogP contribution in [0.5, 0.6) is 0 Å². The van der Waals surface area contributed by atoms with Crippen LogP contribution in [0.15, 0.2) is 85.1 Å². The van der Waals surface area contributed by atoms with E-state index >= 15 is 0 Å². The van der Waals surface area contributed by atoms with E-state index in [2.05, 4.69) is 106 Å². The Morgan fingerprint density at radius 3 is 0.938 bits per heavy atom. The Morgan fingerprint density at radius 2 is 0.600 bits per heavy atom. The summed E-state index contributed by atoms with van der Waals surface area (Å²) in [6.45, 7) is 6.47. The van der Waals surface area contributed by atoms with E-state index in [4.69, 9.17) is 14.2 Å². The molecule has 0 aromatic rings. The molecule has 0 N–H and O–H groups in total. The van der Waals surface area contributed by atoms with Crippen LogP contribution in [0.2, 0.25) is 0 Å². The van der Waals surface area contributed by atoms with Crippen molar-refractivity contribution in [2.75, 3.05) is 13.2 Å². The van der Waals surface area contributed by atoms with Crippen molar-refractivity contribution in [2.24, 2.45) is 0 Å². The van der Waals surface area contributed by atoms with Crippen LogP contribution in [-0.4, -0.2) is 37.2 Å². The lowest BCUT2D eigenvalue weighted by atomic mass is 10.0. The van der Waals surface area contributed by atoms with E-state index in [1.54, 1.807) is 0 Å². The summed E-state index contributed by atoms with van der Waals surface area (Å²) in [5.41, 5.74) is 0. The van der Waals surface area contributed by atoms with E-state index in [9.17, 15) is 14.4 Å². The first kappa shape index (κ1) is 61.6. The van der Waals surface area contributed by atoms with Crippen LogP contribution in [0, 0.1) is 0 Å². The summed E-state index contributed by atoms with van der Waals surface area (Å²) in [4.78, 5) is 38.0. The first-order chi connectivity index (χ1) is 32.0. The normalized spacial score (nSPS) is 12.7. The Bertz CT molecular complexity index is 1270. The van der Waals surface area contributed by atoms with Crippen molar-refractivity contribution in [3.8, 4) is 0 Å². The van der Waals surface area contributed by atoms with Crippen LogP contribution in [0.4, 0.5) is 0 Å². The van der Waals surface area contributed by atoms with Gasteiger partial charge in [0, 0.05) is 19.3 Å². The number of hydrogen-bond donors (Lipinski definition) is 0. The maximum Gasteiger partial charge on any atom is 0.306 e. The number of carbonyl (C=O) groups is 3. The van der Waals surface area contributed by atoms with Crippen molar-refractivity contribution < 1.29 is 28.6 Å². The Morgan fingerprint density at radius 1 is 0.323 bits per heavy atom. The Kier molecular flexibility index (Phi) is 50.4. The highest BCUT2D eigenvalue weighted by Crippen LogP contribution is 2.15. The molecular formula is C59H100O6. The van der Waals surface area contributed by atoms with Crippen molar-refractivity contribution in [1.82, 2.24) is 0 Å². The third-order valence-electron chi connectivity index (χ3n) is 11.4. The van der Waals surface area contributed by atoms with Crippen molar-refractivity contribution >= 4 is 17.9 Å². The highest BCUT2D eigenvalue weighted by molar-refractivity contribution is 5.71. The molecule has 0 saturated carbocycles. The maximum atomic E-state index is 12.8. The fourth-order valence-corrected chi connectivity index (χ4v) is 7.37. The molecule has 0 aliphatic rings. The molecule has 0 heterocycles. The molecule has 372 valence electrons. The molecule has 6 nitrogen and oxygen atoms in total. The second-order valence-electron chi connectivity index (χ2n) is 17.8. The standard InChI is InChI=1S/C59H100O6/c1-4-7-10-13-16-19-22-25-26-27-28-29-30-31-32-33-34-35-38-40-43-46-49-52-58(61)64-55-56(65-59(62)53-50-47-44-41-37-24-21-18-15-12-9-6-3)54-63-57(60)51-48-45-42-39-36-23-20-17-14-11-8-5-2/h7,10,16,19,25-26,28-29,31-32,34-35,40,43,56H,4-6,8-9,11-15,17-18,20-24,27,30,33,36-39,41-42,44-55H2,1-3H3/b10-7-,19-16-,26-25-,29-28-,32-31-,35-34-,43-40-. The summed E-state index contributed by atoms with van der Waals surface area (Å²) in [5.74, 6) is -0.950. The molecule has 0 aromatic heterocycles. The minimum atomic E-state index is -0.795. The van der Waals surface area contributed by atoms with Gasteiger partial charge >= 0.3 is 17.9 Å². The Labute approximate surface area is 401 Å².